The Morgan fingerprint density at radius 1 is 1.25 bits per heavy atom. The summed E-state index contributed by atoms with van der Waals surface area (Å²) >= 11 is 6.98. The molecule has 0 radical (unpaired) electrons. The van der Waals surface area contributed by atoms with Gasteiger partial charge in [0.15, 0.2) is 11.5 Å². The van der Waals surface area contributed by atoms with Gasteiger partial charge in [0.2, 0.25) is 0 Å². The molecule has 0 saturated heterocycles. The fourth-order valence-corrected chi connectivity index (χ4v) is 2.37. The van der Waals surface area contributed by atoms with E-state index in [4.69, 9.17) is 11.6 Å². The van der Waals surface area contributed by atoms with Crippen LogP contribution in [-0.4, -0.2) is 20.7 Å². The van der Waals surface area contributed by atoms with Crippen LogP contribution < -0.4 is 5.32 Å². The van der Waals surface area contributed by atoms with Crippen molar-refractivity contribution < 1.29 is 9.32 Å². The maximum atomic E-state index is 12.1. The zero-order valence-corrected chi connectivity index (χ0v) is 11.5. The molecular weight excluding hydrogens is 300 g/mol. The van der Waals surface area contributed by atoms with E-state index in [1.807, 2.05) is 12.1 Å². The molecule has 3 aromatic rings. The van der Waals surface area contributed by atoms with Gasteiger partial charge in [-0.1, -0.05) is 33.4 Å². The number of aromatic nitrogens is 3. The number of hydrogen-bond acceptors (Lipinski definition) is 6. The average molecular weight is 307 g/mol. The van der Waals surface area contributed by atoms with Crippen LogP contribution in [0.3, 0.4) is 0 Å². The molecule has 0 saturated carbocycles. The molecule has 2 aromatic heterocycles. The second-order valence-corrected chi connectivity index (χ2v) is 4.99. The van der Waals surface area contributed by atoms with Crippen molar-refractivity contribution in [2.75, 3.05) is 5.32 Å². The summed E-state index contributed by atoms with van der Waals surface area (Å²) in [5, 5.41) is 10.7. The molecule has 0 aliphatic heterocycles. The zero-order valence-electron chi connectivity index (χ0n) is 9.91. The number of amides is 1. The molecule has 8 heteroatoms. The van der Waals surface area contributed by atoms with Crippen LogP contribution in [0.1, 0.15) is 10.5 Å². The smallest absolute Gasteiger partial charge is 0.279 e. The van der Waals surface area contributed by atoms with Crippen molar-refractivity contribution in [3.63, 3.8) is 0 Å². The van der Waals surface area contributed by atoms with Gasteiger partial charge < -0.3 is 9.84 Å². The van der Waals surface area contributed by atoms with Gasteiger partial charge in [0.05, 0.1) is 4.88 Å². The summed E-state index contributed by atoms with van der Waals surface area (Å²) in [6.07, 6.45) is 1.37. The fourth-order valence-electron chi connectivity index (χ4n) is 1.58. The summed E-state index contributed by atoms with van der Waals surface area (Å²) < 4.78 is 8.47. The van der Waals surface area contributed by atoms with Crippen LogP contribution in [0.4, 0.5) is 5.82 Å². The summed E-state index contributed by atoms with van der Waals surface area (Å²) in [7, 11) is 0. The summed E-state index contributed by atoms with van der Waals surface area (Å²) in [5.41, 5.74) is 1.06. The van der Waals surface area contributed by atoms with Gasteiger partial charge in [-0.15, -0.1) is 5.10 Å². The number of rotatable bonds is 3. The predicted octanol–water partition coefficient (Wildman–Crippen LogP) is 3.10. The van der Waals surface area contributed by atoms with Crippen LogP contribution in [0.25, 0.3) is 10.4 Å². The van der Waals surface area contributed by atoms with Gasteiger partial charge in [-0.3, -0.25) is 4.79 Å². The lowest BCUT2D eigenvalue weighted by atomic mass is 10.1. The molecule has 0 atom stereocenters. The van der Waals surface area contributed by atoms with Crippen LogP contribution in [0.15, 0.2) is 41.1 Å². The number of benzene rings is 1. The summed E-state index contributed by atoms with van der Waals surface area (Å²) in [5.74, 6) is -0.0670. The average Bonchev–Trinajstić information content (AvgIpc) is 3.10. The number of nitrogens with zero attached hydrogens (tertiary/aromatic N) is 3. The highest BCUT2D eigenvalue weighted by atomic mass is 35.5. The minimum absolute atomic E-state index is 0.236. The highest BCUT2D eigenvalue weighted by Crippen LogP contribution is 2.27. The predicted molar refractivity (Wildman–Crippen MR) is 74.8 cm³/mol. The Morgan fingerprint density at radius 2 is 2.05 bits per heavy atom. The Balaban J connectivity index is 1.90. The molecular formula is C12H7ClN4O2S. The van der Waals surface area contributed by atoms with Gasteiger partial charge in [-0.05, 0) is 29.2 Å². The molecule has 20 heavy (non-hydrogen) atoms. The minimum Gasteiger partial charge on any atom is -0.363 e. The number of anilines is 1. The third kappa shape index (κ3) is 2.54. The lowest BCUT2D eigenvalue weighted by Crippen LogP contribution is -2.13. The topological polar surface area (TPSA) is 80.9 Å². The van der Waals surface area contributed by atoms with Crippen molar-refractivity contribution in [3.05, 3.63) is 47.3 Å². The summed E-state index contributed by atoms with van der Waals surface area (Å²) in [4.78, 5) is 12.8. The molecule has 0 bridgehead atoms. The van der Waals surface area contributed by atoms with Gasteiger partial charge in [-0.2, -0.15) is 0 Å². The van der Waals surface area contributed by atoms with E-state index in [-0.39, 0.29) is 5.69 Å². The number of hydrogen-bond donors (Lipinski definition) is 1. The number of halogens is 1. The Morgan fingerprint density at radius 3 is 2.75 bits per heavy atom. The Hall–Kier alpha value is -2.25. The minimum atomic E-state index is -0.391. The number of carbonyl (C=O) groups excluding carboxylic acids is 1. The normalized spacial score (nSPS) is 10.4. The maximum absolute atomic E-state index is 12.1. The first-order chi connectivity index (χ1) is 9.74. The number of nitrogens with one attached hydrogen (secondary N) is 1. The van der Waals surface area contributed by atoms with Gasteiger partial charge in [0.25, 0.3) is 5.91 Å². The fraction of sp³-hybridized carbons (Fsp3) is 0. The monoisotopic (exact) mass is 306 g/mol. The quantitative estimate of drug-likeness (QED) is 0.804. The third-order valence-electron chi connectivity index (χ3n) is 2.49. The molecule has 0 spiro atoms. The van der Waals surface area contributed by atoms with E-state index in [2.05, 4.69) is 24.6 Å². The first-order valence-corrected chi connectivity index (χ1v) is 6.69. The van der Waals surface area contributed by atoms with E-state index >= 15 is 0 Å². The Labute approximate surface area is 122 Å². The van der Waals surface area contributed by atoms with E-state index in [1.54, 1.807) is 18.2 Å². The second-order valence-electron chi connectivity index (χ2n) is 3.80. The van der Waals surface area contributed by atoms with Gasteiger partial charge in [-0.25, -0.2) is 0 Å². The molecule has 3 rings (SSSR count). The van der Waals surface area contributed by atoms with Crippen molar-refractivity contribution in [2.45, 2.75) is 0 Å². The molecule has 0 fully saturated rings. The SMILES string of the molecule is O=C(Nc1ccon1)c1nnsc1-c1ccc(Cl)cc1. The molecule has 1 aromatic carbocycles. The van der Waals surface area contributed by atoms with Crippen molar-refractivity contribution in [2.24, 2.45) is 0 Å². The van der Waals surface area contributed by atoms with Gasteiger partial charge >= 0.3 is 0 Å². The van der Waals surface area contributed by atoms with E-state index in [1.165, 1.54) is 6.26 Å². The highest BCUT2D eigenvalue weighted by molar-refractivity contribution is 7.09. The molecule has 1 amide bonds. The highest BCUT2D eigenvalue weighted by Gasteiger charge is 2.18. The second kappa shape index (κ2) is 5.40. The zero-order chi connectivity index (χ0) is 13.9. The van der Waals surface area contributed by atoms with Crippen LogP contribution in [0.5, 0.6) is 0 Å². The Kier molecular flexibility index (Phi) is 3.44. The van der Waals surface area contributed by atoms with Crippen molar-refractivity contribution in [1.82, 2.24) is 14.7 Å². The summed E-state index contributed by atoms with van der Waals surface area (Å²) in [6.45, 7) is 0. The van der Waals surface area contributed by atoms with Crippen LogP contribution in [0.2, 0.25) is 5.02 Å². The first-order valence-electron chi connectivity index (χ1n) is 5.54. The maximum Gasteiger partial charge on any atom is 0.279 e. The van der Waals surface area contributed by atoms with Crippen molar-refractivity contribution >= 4 is 34.9 Å². The van der Waals surface area contributed by atoms with Crippen LogP contribution >= 0.6 is 23.1 Å². The Bertz CT molecular complexity index is 724. The van der Waals surface area contributed by atoms with E-state index < -0.39 is 5.91 Å². The molecule has 0 aliphatic carbocycles. The summed E-state index contributed by atoms with van der Waals surface area (Å²) in [6, 6.07) is 8.65. The molecule has 6 nitrogen and oxygen atoms in total. The molecule has 1 N–H and O–H groups in total. The lowest BCUT2D eigenvalue weighted by Gasteiger charge is -2.01. The van der Waals surface area contributed by atoms with E-state index in [0.29, 0.717) is 15.7 Å². The van der Waals surface area contributed by atoms with E-state index in [9.17, 15) is 4.79 Å². The van der Waals surface area contributed by atoms with Crippen LogP contribution in [-0.2, 0) is 0 Å². The molecule has 2 heterocycles. The standard InChI is InChI=1S/C12H7ClN4O2S/c13-8-3-1-7(2-4-8)11-10(15-17-20-11)12(18)14-9-5-6-19-16-9/h1-6H,(H,14,16,18). The van der Waals surface area contributed by atoms with Crippen LogP contribution in [0, 0.1) is 0 Å². The lowest BCUT2D eigenvalue weighted by molar-refractivity contribution is 0.102. The van der Waals surface area contributed by atoms with Gasteiger partial charge in [0.1, 0.15) is 6.26 Å². The molecule has 0 unspecified atom stereocenters. The van der Waals surface area contributed by atoms with E-state index in [0.717, 1.165) is 17.1 Å². The van der Waals surface area contributed by atoms with Crippen molar-refractivity contribution in [1.29, 1.82) is 0 Å². The van der Waals surface area contributed by atoms with Crippen molar-refractivity contribution in [3.8, 4) is 10.4 Å². The van der Waals surface area contributed by atoms with Gasteiger partial charge in [0, 0.05) is 11.1 Å². The molecule has 100 valence electrons. The third-order valence-corrected chi connectivity index (χ3v) is 3.52. The largest absolute Gasteiger partial charge is 0.363 e. The first kappa shape index (κ1) is 12.8. The molecule has 0 aliphatic rings. The number of carbonyl (C=O) groups is 1.